The van der Waals surface area contributed by atoms with Crippen molar-refractivity contribution in [3.63, 3.8) is 0 Å². The molecule has 0 fully saturated rings. The highest BCUT2D eigenvalue weighted by Gasteiger charge is 2.45. The van der Waals surface area contributed by atoms with Crippen LogP contribution in [0.15, 0.2) is 48.6 Å². The molecule has 0 heterocycles. The van der Waals surface area contributed by atoms with E-state index in [2.05, 4.69) is 48.6 Å². The molecule has 0 aromatic heterocycles. The number of alkyl halides is 6. The molecular formula is C18H26F6O6S2. The molecular weight excluding hydrogens is 490 g/mol. The van der Waals surface area contributed by atoms with E-state index in [-0.39, 0.29) is 0 Å². The molecule has 0 amide bonds. The van der Waals surface area contributed by atoms with Crippen LogP contribution in [-0.2, 0) is 20.2 Å². The summed E-state index contributed by atoms with van der Waals surface area (Å²) in [4.78, 5) is 0. The number of hydrogen-bond acceptors (Lipinski definition) is 4. The van der Waals surface area contributed by atoms with Gasteiger partial charge in [-0.05, 0) is 51.4 Å². The van der Waals surface area contributed by atoms with Gasteiger partial charge in [-0.25, -0.2) is 0 Å². The quantitative estimate of drug-likeness (QED) is 0.228. The Labute approximate surface area is 183 Å². The van der Waals surface area contributed by atoms with Crippen molar-refractivity contribution in [1.29, 1.82) is 0 Å². The van der Waals surface area contributed by atoms with Gasteiger partial charge in [-0.15, -0.1) is 0 Å². The largest absolute Gasteiger partial charge is 0.522 e. The molecule has 2 aliphatic carbocycles. The second-order valence-electron chi connectivity index (χ2n) is 6.12. The average molecular weight is 517 g/mol. The van der Waals surface area contributed by atoms with Crippen molar-refractivity contribution >= 4 is 20.2 Å². The van der Waals surface area contributed by atoms with Gasteiger partial charge in [-0.1, -0.05) is 48.6 Å². The van der Waals surface area contributed by atoms with Gasteiger partial charge in [-0.2, -0.15) is 43.2 Å². The Hall–Kier alpha value is -1.64. The van der Waals surface area contributed by atoms with Crippen LogP contribution in [0.25, 0.3) is 0 Å². The lowest BCUT2D eigenvalue weighted by Gasteiger charge is -1.97. The first-order chi connectivity index (χ1) is 14.5. The van der Waals surface area contributed by atoms with Crippen molar-refractivity contribution in [2.45, 2.75) is 62.4 Å². The lowest BCUT2D eigenvalue weighted by atomic mass is 10.1. The van der Waals surface area contributed by atoms with Crippen molar-refractivity contribution in [3.8, 4) is 0 Å². The van der Waals surface area contributed by atoms with Gasteiger partial charge in [0.25, 0.3) is 0 Å². The molecule has 6 nitrogen and oxygen atoms in total. The third-order valence-electron chi connectivity index (χ3n) is 3.33. The van der Waals surface area contributed by atoms with Crippen LogP contribution in [0, 0.1) is 0 Å². The highest BCUT2D eigenvalue weighted by atomic mass is 32.2. The summed E-state index contributed by atoms with van der Waals surface area (Å²) in [5.41, 5.74) is -11.1. The number of rotatable bonds is 0. The Morgan fingerprint density at radius 2 is 0.656 bits per heavy atom. The third-order valence-corrected chi connectivity index (χ3v) is 4.50. The van der Waals surface area contributed by atoms with Gasteiger partial charge in [0.05, 0.1) is 0 Å². The van der Waals surface area contributed by atoms with Crippen LogP contribution in [-0.4, -0.2) is 37.0 Å². The van der Waals surface area contributed by atoms with Crippen molar-refractivity contribution < 1.29 is 52.3 Å². The molecule has 0 aromatic carbocycles. The van der Waals surface area contributed by atoms with E-state index in [0.29, 0.717) is 0 Å². The maximum absolute atomic E-state index is 10.7. The van der Waals surface area contributed by atoms with Crippen molar-refractivity contribution in [1.82, 2.24) is 0 Å². The summed E-state index contributed by atoms with van der Waals surface area (Å²) < 4.78 is 115. The van der Waals surface area contributed by atoms with Gasteiger partial charge in [-0.3, -0.25) is 9.11 Å². The van der Waals surface area contributed by atoms with Crippen molar-refractivity contribution in [3.05, 3.63) is 48.6 Å². The molecule has 0 unspecified atom stereocenters. The highest BCUT2D eigenvalue weighted by molar-refractivity contribution is 7.86. The highest BCUT2D eigenvalue weighted by Crippen LogP contribution is 2.21. The molecule has 32 heavy (non-hydrogen) atoms. The molecule has 0 saturated carbocycles. The Kier molecular flexibility index (Phi) is 16.3. The van der Waals surface area contributed by atoms with Crippen molar-refractivity contribution in [2.75, 3.05) is 0 Å². The molecule has 2 N–H and O–H groups in total. The van der Waals surface area contributed by atoms with E-state index in [1.807, 2.05) is 0 Å². The molecule has 0 atom stereocenters. The van der Waals surface area contributed by atoms with Crippen LogP contribution in [0.2, 0.25) is 0 Å². The van der Waals surface area contributed by atoms with E-state index in [4.69, 9.17) is 25.9 Å². The van der Waals surface area contributed by atoms with Gasteiger partial charge in [0.2, 0.25) is 0 Å². The number of halogens is 6. The van der Waals surface area contributed by atoms with Crippen LogP contribution < -0.4 is 0 Å². The molecule has 0 radical (unpaired) electrons. The number of hydrogen-bond donors (Lipinski definition) is 2. The molecule has 188 valence electrons. The Morgan fingerprint density at radius 3 is 0.781 bits per heavy atom. The average Bonchev–Trinajstić information content (AvgIpc) is 2.51. The summed E-state index contributed by atoms with van der Waals surface area (Å²) in [5, 5.41) is 0. The van der Waals surface area contributed by atoms with E-state index in [9.17, 15) is 26.3 Å². The van der Waals surface area contributed by atoms with Crippen LogP contribution in [0.5, 0.6) is 0 Å². The molecule has 14 heteroatoms. The predicted octanol–water partition coefficient (Wildman–Crippen LogP) is 6.13. The standard InChI is InChI=1S/2C8H12.2CHF3O3S/c2*1-2-4-6-8-7-5-3-1;2*2-1(3,4)8(5,6)7/h2*1-4H,5-8H2;2*(H,5,6,7). The summed E-state index contributed by atoms with van der Waals surface area (Å²) in [7, 11) is -11.7. The SMILES string of the molecule is C1=CCCCCC=C1.C1=CCCCCC=C1.O=S(=O)(O)C(F)(F)F.O=S(=O)(O)C(F)(F)F. The van der Waals surface area contributed by atoms with E-state index in [0.717, 1.165) is 0 Å². The monoisotopic (exact) mass is 516 g/mol. The minimum atomic E-state index is -5.84. The van der Waals surface area contributed by atoms with Crippen LogP contribution >= 0.6 is 0 Å². The van der Waals surface area contributed by atoms with Gasteiger partial charge in [0.1, 0.15) is 0 Å². The predicted molar refractivity (Wildman–Crippen MR) is 109 cm³/mol. The fraction of sp³-hybridized carbons (Fsp3) is 0.556. The summed E-state index contributed by atoms with van der Waals surface area (Å²) in [5.74, 6) is 0. The zero-order chi connectivity index (χ0) is 25.3. The normalized spacial score (nSPS) is 17.0. The number of allylic oxidation sites excluding steroid dienone is 8. The molecule has 0 saturated heterocycles. The van der Waals surface area contributed by atoms with Crippen LogP contribution in [0.1, 0.15) is 51.4 Å². The second kappa shape index (κ2) is 16.0. The summed E-state index contributed by atoms with van der Waals surface area (Å²) in [6.07, 6.45) is 28.0. The lowest BCUT2D eigenvalue weighted by molar-refractivity contribution is -0.0514. The minimum Gasteiger partial charge on any atom is -0.279 e. The summed E-state index contributed by atoms with van der Waals surface area (Å²) in [6, 6.07) is 0. The molecule has 0 bridgehead atoms. The van der Waals surface area contributed by atoms with Gasteiger partial charge in [0.15, 0.2) is 0 Å². The first-order valence-corrected chi connectivity index (χ1v) is 12.1. The fourth-order valence-corrected chi connectivity index (χ4v) is 1.75. The molecule has 0 spiro atoms. The van der Waals surface area contributed by atoms with E-state index >= 15 is 0 Å². The zero-order valence-electron chi connectivity index (χ0n) is 16.9. The summed E-state index contributed by atoms with van der Waals surface area (Å²) in [6.45, 7) is 0. The van der Waals surface area contributed by atoms with E-state index < -0.39 is 31.3 Å². The zero-order valence-corrected chi connectivity index (χ0v) is 18.5. The Balaban J connectivity index is 0. The molecule has 0 aromatic rings. The Morgan fingerprint density at radius 1 is 0.500 bits per heavy atom. The Bertz CT molecular complexity index is 725. The maximum atomic E-state index is 10.7. The first kappa shape index (κ1) is 32.5. The lowest BCUT2D eigenvalue weighted by Crippen LogP contribution is -2.21. The smallest absolute Gasteiger partial charge is 0.279 e. The van der Waals surface area contributed by atoms with Crippen LogP contribution in [0.3, 0.4) is 0 Å². The van der Waals surface area contributed by atoms with Gasteiger partial charge < -0.3 is 0 Å². The topological polar surface area (TPSA) is 109 Å². The molecule has 2 rings (SSSR count). The van der Waals surface area contributed by atoms with Gasteiger partial charge >= 0.3 is 31.3 Å². The minimum absolute atomic E-state index is 1.27. The second-order valence-corrected chi connectivity index (χ2v) is 8.95. The molecule has 0 aliphatic heterocycles. The third kappa shape index (κ3) is 20.3. The fourth-order valence-electron chi connectivity index (χ4n) is 1.75. The van der Waals surface area contributed by atoms with Crippen LogP contribution in [0.4, 0.5) is 26.3 Å². The summed E-state index contributed by atoms with van der Waals surface area (Å²) >= 11 is 0. The first-order valence-electron chi connectivity index (χ1n) is 9.21. The maximum Gasteiger partial charge on any atom is 0.522 e. The van der Waals surface area contributed by atoms with E-state index in [1.165, 1.54) is 51.4 Å². The van der Waals surface area contributed by atoms with E-state index in [1.54, 1.807) is 0 Å². The molecule has 2 aliphatic rings. The van der Waals surface area contributed by atoms with Gasteiger partial charge in [0, 0.05) is 0 Å². The van der Waals surface area contributed by atoms with Crippen molar-refractivity contribution in [2.24, 2.45) is 0 Å².